The minimum Gasteiger partial charge on any atom is -0.360 e. The summed E-state index contributed by atoms with van der Waals surface area (Å²) in [6.07, 6.45) is 1.23. The van der Waals surface area contributed by atoms with E-state index in [0.29, 0.717) is 12.2 Å². The van der Waals surface area contributed by atoms with Crippen LogP contribution in [0.4, 0.5) is 0 Å². The molecule has 0 aliphatic rings. The molecule has 0 bridgehead atoms. The lowest BCUT2D eigenvalue weighted by Crippen LogP contribution is -2.40. The van der Waals surface area contributed by atoms with Gasteiger partial charge >= 0.3 is 0 Å². The summed E-state index contributed by atoms with van der Waals surface area (Å²) in [6.45, 7) is 9.44. The van der Waals surface area contributed by atoms with Crippen molar-refractivity contribution in [2.75, 3.05) is 6.61 Å². The molecule has 1 aromatic rings. The summed E-state index contributed by atoms with van der Waals surface area (Å²) in [7, 11) is 0. The molecule has 0 aromatic heterocycles. The number of Topliss-reactive ketones (excluding diaryl/α,β-unsaturated/α-hetero) is 1. The van der Waals surface area contributed by atoms with Gasteiger partial charge in [0.2, 0.25) is 11.7 Å². The zero-order valence-corrected chi connectivity index (χ0v) is 13.4. The van der Waals surface area contributed by atoms with Crippen LogP contribution in [0.3, 0.4) is 0 Å². The molecule has 1 rings (SSSR count). The molecular formula is C16H21NO3S. The second-order valence-electron chi connectivity index (χ2n) is 5.07. The number of rotatable bonds is 7. The Kier molecular flexibility index (Phi) is 6.18. The van der Waals surface area contributed by atoms with Crippen molar-refractivity contribution < 1.29 is 14.3 Å². The van der Waals surface area contributed by atoms with Crippen LogP contribution in [0.1, 0.15) is 36.7 Å². The van der Waals surface area contributed by atoms with E-state index in [1.807, 2.05) is 32.9 Å². The van der Waals surface area contributed by atoms with Gasteiger partial charge in [0, 0.05) is 12.2 Å². The first kappa shape index (κ1) is 17.5. The van der Waals surface area contributed by atoms with Crippen LogP contribution in [0.5, 0.6) is 0 Å². The Morgan fingerprint density at radius 1 is 1.38 bits per heavy atom. The molecule has 21 heavy (non-hydrogen) atoms. The second-order valence-corrected chi connectivity index (χ2v) is 5.54. The highest BCUT2D eigenvalue weighted by Crippen LogP contribution is 2.21. The van der Waals surface area contributed by atoms with Crippen LogP contribution in [0, 0.1) is 0 Å². The number of hydrogen-bond acceptors (Lipinski definition) is 4. The van der Waals surface area contributed by atoms with Gasteiger partial charge in [-0.25, -0.2) is 0 Å². The van der Waals surface area contributed by atoms with Gasteiger partial charge in [-0.3, -0.25) is 9.59 Å². The molecular weight excluding hydrogens is 286 g/mol. The quantitative estimate of drug-likeness (QED) is 0.352. The third kappa shape index (κ3) is 4.72. The first-order valence-electron chi connectivity index (χ1n) is 6.70. The fourth-order valence-corrected chi connectivity index (χ4v) is 2.16. The molecule has 4 nitrogen and oxygen atoms in total. The topological polar surface area (TPSA) is 55.4 Å². The van der Waals surface area contributed by atoms with Gasteiger partial charge in [0.05, 0.1) is 5.54 Å². The van der Waals surface area contributed by atoms with Gasteiger partial charge < -0.3 is 10.1 Å². The van der Waals surface area contributed by atoms with Gasteiger partial charge in [-0.05, 0) is 32.4 Å². The smallest absolute Gasteiger partial charge is 0.244 e. The van der Waals surface area contributed by atoms with E-state index >= 15 is 0 Å². The third-order valence-corrected chi connectivity index (χ3v) is 3.44. The Hall–Kier alpha value is -1.59. The molecule has 0 spiro atoms. The lowest BCUT2D eigenvalue weighted by atomic mass is 9.93. The van der Waals surface area contributed by atoms with Crippen LogP contribution in [-0.2, 0) is 15.1 Å². The Bertz CT molecular complexity index is 523. The number of carbonyl (C=O) groups excluding carboxylic acids is 2. The molecule has 1 amide bonds. The van der Waals surface area contributed by atoms with Gasteiger partial charge in [-0.2, -0.15) is 0 Å². The predicted molar refractivity (Wildman–Crippen MR) is 86.5 cm³/mol. The minimum absolute atomic E-state index is 0.181. The highest BCUT2D eigenvalue weighted by Gasteiger charge is 2.23. The van der Waals surface area contributed by atoms with Crippen LogP contribution in [0.25, 0.3) is 0 Å². The summed E-state index contributed by atoms with van der Waals surface area (Å²) in [5.74, 6) is -0.424. The Morgan fingerprint density at radius 3 is 2.43 bits per heavy atom. The zero-order valence-electron chi connectivity index (χ0n) is 12.6. The molecule has 1 unspecified atom stereocenters. The second kappa shape index (κ2) is 7.43. The van der Waals surface area contributed by atoms with Crippen LogP contribution in [0.2, 0.25) is 0 Å². The monoisotopic (exact) mass is 307 g/mol. The predicted octanol–water partition coefficient (Wildman–Crippen LogP) is 2.70. The number of ketones is 1. The molecule has 0 saturated carbocycles. The SMILES string of the molecule is C=CC(=O)NC(C)(C)c1ccc(C(=O)C(S)OCC)cc1. The first-order chi connectivity index (χ1) is 9.81. The third-order valence-electron chi connectivity index (χ3n) is 3.06. The average molecular weight is 307 g/mol. The van der Waals surface area contributed by atoms with E-state index in [2.05, 4.69) is 24.5 Å². The molecule has 1 aromatic carbocycles. The molecule has 0 aliphatic heterocycles. The van der Waals surface area contributed by atoms with Crippen molar-refractivity contribution >= 4 is 24.3 Å². The van der Waals surface area contributed by atoms with Gasteiger partial charge in [0.25, 0.3) is 0 Å². The number of carbonyl (C=O) groups is 2. The zero-order chi connectivity index (χ0) is 16.0. The van der Waals surface area contributed by atoms with E-state index < -0.39 is 11.0 Å². The summed E-state index contributed by atoms with van der Waals surface area (Å²) in [4.78, 5) is 23.5. The summed E-state index contributed by atoms with van der Waals surface area (Å²) < 4.78 is 5.17. The van der Waals surface area contributed by atoms with Gasteiger partial charge in [-0.15, -0.1) is 12.6 Å². The van der Waals surface area contributed by atoms with Crippen LogP contribution in [0.15, 0.2) is 36.9 Å². The summed E-state index contributed by atoms with van der Waals surface area (Å²) in [6, 6.07) is 7.04. The Morgan fingerprint density at radius 2 is 1.95 bits per heavy atom. The number of ether oxygens (including phenoxy) is 1. The molecule has 0 aliphatic carbocycles. The highest BCUT2D eigenvalue weighted by molar-refractivity contribution is 7.81. The molecule has 0 heterocycles. The van der Waals surface area contributed by atoms with E-state index in [4.69, 9.17) is 4.74 Å². The number of nitrogens with one attached hydrogen (secondary N) is 1. The Labute approximate surface area is 131 Å². The maximum atomic E-state index is 12.0. The largest absolute Gasteiger partial charge is 0.360 e. The fraction of sp³-hybridized carbons (Fsp3) is 0.375. The number of thiol groups is 1. The van der Waals surface area contributed by atoms with Crippen molar-refractivity contribution in [3.05, 3.63) is 48.0 Å². The van der Waals surface area contributed by atoms with E-state index in [1.165, 1.54) is 6.08 Å². The summed E-state index contributed by atoms with van der Waals surface area (Å²) in [5.41, 5.74) is 0.112. The van der Waals surface area contributed by atoms with E-state index in [-0.39, 0.29) is 11.7 Å². The maximum Gasteiger partial charge on any atom is 0.244 e. The van der Waals surface area contributed by atoms with E-state index in [0.717, 1.165) is 5.56 Å². The lowest BCUT2D eigenvalue weighted by Gasteiger charge is -2.26. The van der Waals surface area contributed by atoms with Crippen LogP contribution >= 0.6 is 12.6 Å². The van der Waals surface area contributed by atoms with Crippen molar-refractivity contribution in [2.45, 2.75) is 31.7 Å². The summed E-state index contributed by atoms with van der Waals surface area (Å²) >= 11 is 4.12. The Balaban J connectivity index is 2.89. The van der Waals surface area contributed by atoms with Crippen molar-refractivity contribution in [3.63, 3.8) is 0 Å². The van der Waals surface area contributed by atoms with Crippen LogP contribution < -0.4 is 5.32 Å². The van der Waals surface area contributed by atoms with Crippen molar-refractivity contribution in [1.29, 1.82) is 0 Å². The minimum atomic E-state index is -0.755. The first-order valence-corrected chi connectivity index (χ1v) is 7.22. The molecule has 0 saturated heterocycles. The van der Waals surface area contributed by atoms with Crippen molar-refractivity contribution in [1.82, 2.24) is 5.32 Å². The lowest BCUT2D eigenvalue weighted by molar-refractivity contribution is -0.118. The van der Waals surface area contributed by atoms with Gasteiger partial charge in [0.15, 0.2) is 5.44 Å². The highest BCUT2D eigenvalue weighted by atomic mass is 32.1. The molecule has 0 radical (unpaired) electrons. The molecule has 5 heteroatoms. The van der Waals surface area contributed by atoms with Crippen LogP contribution in [-0.4, -0.2) is 23.7 Å². The average Bonchev–Trinajstić information content (AvgIpc) is 2.46. The van der Waals surface area contributed by atoms with Crippen molar-refractivity contribution in [2.24, 2.45) is 0 Å². The van der Waals surface area contributed by atoms with Gasteiger partial charge in [-0.1, -0.05) is 30.8 Å². The van der Waals surface area contributed by atoms with Crippen molar-refractivity contribution in [3.8, 4) is 0 Å². The fourth-order valence-electron chi connectivity index (χ4n) is 1.86. The van der Waals surface area contributed by atoms with E-state index in [9.17, 15) is 9.59 Å². The molecule has 1 N–H and O–H groups in total. The van der Waals surface area contributed by atoms with Gasteiger partial charge in [0.1, 0.15) is 0 Å². The number of benzene rings is 1. The molecule has 0 fully saturated rings. The number of hydrogen-bond donors (Lipinski definition) is 2. The van der Waals surface area contributed by atoms with E-state index in [1.54, 1.807) is 12.1 Å². The normalized spacial score (nSPS) is 12.6. The maximum absolute atomic E-state index is 12.0. The number of amides is 1. The molecule has 114 valence electrons. The summed E-state index contributed by atoms with van der Waals surface area (Å²) in [5, 5.41) is 2.83. The molecule has 1 atom stereocenters. The standard InChI is InChI=1S/C16H21NO3S/c1-5-13(18)17-16(3,4)12-9-7-11(8-10-12)14(19)15(21)20-6-2/h5,7-10,15,21H,1,6H2,2-4H3,(H,17,18).